The Bertz CT molecular complexity index is 1150. The second-order valence-corrected chi connectivity index (χ2v) is 9.89. The van der Waals surface area contributed by atoms with Crippen molar-refractivity contribution >= 4 is 41.8 Å². The average molecular weight is 663 g/mol. The van der Waals surface area contributed by atoms with Crippen LogP contribution in [0.5, 0.6) is 0 Å². The second kappa shape index (κ2) is 17.5. The van der Waals surface area contributed by atoms with Gasteiger partial charge in [0.05, 0.1) is 13.7 Å². The molecular formula is C28H38O18. The lowest BCUT2D eigenvalue weighted by molar-refractivity contribution is -0.357. The highest BCUT2D eigenvalue weighted by Crippen LogP contribution is 2.35. The Morgan fingerprint density at radius 1 is 0.609 bits per heavy atom. The van der Waals surface area contributed by atoms with Crippen LogP contribution in [-0.2, 0) is 85.7 Å². The molecule has 2 rings (SSSR count). The molecule has 2 fully saturated rings. The fourth-order valence-electron chi connectivity index (χ4n) is 4.66. The van der Waals surface area contributed by atoms with Crippen LogP contribution in [0.3, 0.4) is 0 Å². The average Bonchev–Trinajstić information content (AvgIpc) is 2.94. The Kier molecular flexibility index (Phi) is 14.5. The summed E-state index contributed by atoms with van der Waals surface area (Å²) in [7, 11) is 1.03. The van der Waals surface area contributed by atoms with E-state index in [-0.39, 0.29) is 6.61 Å². The molecule has 0 radical (unpaired) electrons. The van der Waals surface area contributed by atoms with Crippen molar-refractivity contribution < 1.29 is 85.7 Å². The molecule has 2 heterocycles. The lowest BCUT2D eigenvalue weighted by atomic mass is 9.95. The number of carbonyl (C=O) groups is 7. The van der Waals surface area contributed by atoms with Gasteiger partial charge in [-0.25, -0.2) is 4.79 Å². The highest BCUT2D eigenvalue weighted by Gasteiger charge is 2.59. The van der Waals surface area contributed by atoms with Crippen molar-refractivity contribution in [3.05, 3.63) is 12.7 Å². The van der Waals surface area contributed by atoms with E-state index in [4.69, 9.17) is 52.1 Å². The van der Waals surface area contributed by atoms with Crippen molar-refractivity contribution in [1.29, 1.82) is 0 Å². The van der Waals surface area contributed by atoms with Crippen LogP contribution >= 0.6 is 0 Å². The van der Waals surface area contributed by atoms with Gasteiger partial charge in [0.1, 0.15) is 18.8 Å². The molecule has 0 N–H and O–H groups in total. The lowest BCUT2D eigenvalue weighted by Gasteiger charge is -2.48. The number of rotatable bonds is 13. The zero-order valence-electron chi connectivity index (χ0n) is 26.3. The van der Waals surface area contributed by atoms with E-state index in [1.807, 2.05) is 0 Å². The summed E-state index contributed by atoms with van der Waals surface area (Å²) in [6, 6.07) is 0. The molecule has 0 aromatic heterocycles. The normalized spacial score (nSPS) is 30.5. The summed E-state index contributed by atoms with van der Waals surface area (Å²) in [5.41, 5.74) is 0. The van der Waals surface area contributed by atoms with Gasteiger partial charge >= 0.3 is 41.8 Å². The van der Waals surface area contributed by atoms with Gasteiger partial charge in [0, 0.05) is 41.5 Å². The minimum Gasteiger partial charge on any atom is -0.467 e. The summed E-state index contributed by atoms with van der Waals surface area (Å²) in [6.07, 6.45) is -15.1. The van der Waals surface area contributed by atoms with Crippen LogP contribution in [-0.4, -0.2) is 124 Å². The van der Waals surface area contributed by atoms with E-state index >= 15 is 0 Å². The molecular weight excluding hydrogens is 624 g/mol. The third-order valence-corrected chi connectivity index (χ3v) is 6.15. The molecule has 0 aliphatic carbocycles. The van der Waals surface area contributed by atoms with E-state index in [9.17, 15) is 33.6 Å². The van der Waals surface area contributed by atoms with Crippen LogP contribution in [0.4, 0.5) is 0 Å². The number of ether oxygens (including phenoxy) is 11. The first-order valence-electron chi connectivity index (χ1n) is 13.9. The number of hydrogen-bond acceptors (Lipinski definition) is 18. The molecule has 10 unspecified atom stereocenters. The van der Waals surface area contributed by atoms with Crippen molar-refractivity contribution in [3.63, 3.8) is 0 Å². The van der Waals surface area contributed by atoms with E-state index in [0.717, 1.165) is 48.7 Å². The standard InChI is InChI=1S/C28H38O18/c1-9-10-37-27-24(42-16(6)33)22(21(41-15(5)32)23(46-27)26(35)36-8)45-28-25(43-17(7)34)20(40-14(4)31)19(39-13(3)30)18(44-28)11-38-12(2)29/h9,18-25,27-28H,1,10-11H2,2-8H3. The van der Waals surface area contributed by atoms with Gasteiger partial charge in [-0.15, -0.1) is 6.58 Å². The van der Waals surface area contributed by atoms with E-state index < -0.39 is 110 Å². The third-order valence-electron chi connectivity index (χ3n) is 6.15. The van der Waals surface area contributed by atoms with Gasteiger partial charge in [-0.2, -0.15) is 0 Å². The minimum absolute atomic E-state index is 0.180. The number of hydrogen-bond donors (Lipinski definition) is 0. The molecule has 0 bridgehead atoms. The van der Waals surface area contributed by atoms with Crippen LogP contribution in [0.15, 0.2) is 12.7 Å². The predicted molar refractivity (Wildman–Crippen MR) is 145 cm³/mol. The number of carbonyl (C=O) groups excluding carboxylic acids is 7. The molecule has 46 heavy (non-hydrogen) atoms. The van der Waals surface area contributed by atoms with Gasteiger partial charge in [0.25, 0.3) is 0 Å². The maximum atomic E-state index is 12.8. The first-order chi connectivity index (χ1) is 21.6. The van der Waals surface area contributed by atoms with Crippen LogP contribution in [0.2, 0.25) is 0 Å². The zero-order chi connectivity index (χ0) is 34.7. The van der Waals surface area contributed by atoms with Crippen LogP contribution in [0.1, 0.15) is 41.5 Å². The Balaban J connectivity index is 2.76. The summed E-state index contributed by atoms with van der Waals surface area (Å²) < 4.78 is 60.4. The van der Waals surface area contributed by atoms with Gasteiger partial charge in [-0.3, -0.25) is 28.8 Å². The van der Waals surface area contributed by atoms with Crippen LogP contribution in [0, 0.1) is 0 Å². The van der Waals surface area contributed by atoms with E-state index in [0.29, 0.717) is 0 Å². The smallest absolute Gasteiger partial charge is 0.339 e. The molecule has 0 saturated carbocycles. The Morgan fingerprint density at radius 3 is 1.57 bits per heavy atom. The monoisotopic (exact) mass is 662 g/mol. The number of esters is 7. The maximum absolute atomic E-state index is 12.8. The molecule has 2 aliphatic heterocycles. The SMILES string of the molecule is C=CCOC1OC(C(=O)OC)C(OC(C)=O)C(OC2OC(COC(C)=O)C(OC(C)=O)C(OC(C)=O)C2OC(C)=O)C1OC(C)=O. The van der Waals surface area contributed by atoms with Gasteiger partial charge in [-0.1, -0.05) is 6.08 Å². The van der Waals surface area contributed by atoms with Gasteiger partial charge in [0.15, 0.2) is 49.2 Å². The summed E-state index contributed by atoms with van der Waals surface area (Å²) in [6.45, 7) is 9.01. The van der Waals surface area contributed by atoms with Crippen molar-refractivity contribution in [2.24, 2.45) is 0 Å². The van der Waals surface area contributed by atoms with E-state index in [1.54, 1.807) is 0 Å². The largest absolute Gasteiger partial charge is 0.467 e. The molecule has 18 heteroatoms. The fraction of sp³-hybridized carbons (Fsp3) is 0.679. The Morgan fingerprint density at radius 2 is 1.09 bits per heavy atom. The quantitative estimate of drug-likeness (QED) is 0.137. The molecule has 0 aromatic rings. The first kappa shape index (κ1) is 38.1. The molecule has 18 nitrogen and oxygen atoms in total. The second-order valence-electron chi connectivity index (χ2n) is 9.89. The molecule has 0 spiro atoms. The van der Waals surface area contributed by atoms with Crippen molar-refractivity contribution in [2.45, 2.75) is 103 Å². The van der Waals surface area contributed by atoms with Crippen LogP contribution < -0.4 is 0 Å². The number of methoxy groups -OCH3 is 1. The topological polar surface area (TPSA) is 221 Å². The van der Waals surface area contributed by atoms with Crippen molar-refractivity contribution in [2.75, 3.05) is 20.3 Å². The van der Waals surface area contributed by atoms with Crippen LogP contribution in [0.25, 0.3) is 0 Å². The minimum atomic E-state index is -1.84. The molecule has 0 aromatic carbocycles. The summed E-state index contributed by atoms with van der Waals surface area (Å²) in [4.78, 5) is 85.5. The van der Waals surface area contributed by atoms with Gasteiger partial charge in [-0.05, 0) is 0 Å². The van der Waals surface area contributed by atoms with Crippen molar-refractivity contribution in [3.8, 4) is 0 Å². The van der Waals surface area contributed by atoms with E-state index in [2.05, 4.69) is 6.58 Å². The maximum Gasteiger partial charge on any atom is 0.339 e. The molecule has 2 saturated heterocycles. The highest BCUT2D eigenvalue weighted by molar-refractivity contribution is 5.77. The summed E-state index contributed by atoms with van der Waals surface area (Å²) in [5, 5.41) is 0. The highest BCUT2D eigenvalue weighted by atomic mass is 16.8. The van der Waals surface area contributed by atoms with Gasteiger partial charge in [0.2, 0.25) is 0 Å². The first-order valence-corrected chi connectivity index (χ1v) is 13.9. The molecule has 0 amide bonds. The molecule has 258 valence electrons. The van der Waals surface area contributed by atoms with Gasteiger partial charge < -0.3 is 52.1 Å². The summed E-state index contributed by atoms with van der Waals surface area (Å²) in [5.74, 6) is -6.31. The molecule has 2 aliphatic rings. The third kappa shape index (κ3) is 10.7. The lowest BCUT2D eigenvalue weighted by Crippen LogP contribution is -2.67. The Hall–Kier alpha value is -4.13. The van der Waals surface area contributed by atoms with Crippen molar-refractivity contribution in [1.82, 2.24) is 0 Å². The Labute approximate surface area is 263 Å². The molecule has 10 atom stereocenters. The fourth-order valence-corrected chi connectivity index (χ4v) is 4.66. The predicted octanol–water partition coefficient (Wildman–Crippen LogP) is -0.581. The zero-order valence-corrected chi connectivity index (χ0v) is 26.3. The summed E-state index contributed by atoms with van der Waals surface area (Å²) >= 11 is 0. The van der Waals surface area contributed by atoms with E-state index in [1.165, 1.54) is 6.08 Å².